The third kappa shape index (κ3) is 7.58. The largest absolute Gasteiger partial charge is 0.294 e. The van der Waals surface area contributed by atoms with Gasteiger partial charge in [-0.15, -0.1) is 0 Å². The molecule has 0 unspecified atom stereocenters. The summed E-state index contributed by atoms with van der Waals surface area (Å²) >= 11 is 0. The Labute approximate surface area is 260 Å². The molecule has 2 aromatic rings. The summed E-state index contributed by atoms with van der Waals surface area (Å²) in [6.45, 7) is 5.59. The lowest BCUT2D eigenvalue weighted by molar-refractivity contribution is 0.419. The highest BCUT2D eigenvalue weighted by molar-refractivity contribution is 7.91. The van der Waals surface area contributed by atoms with Gasteiger partial charge in [0.15, 0.2) is 9.84 Å². The maximum atomic E-state index is 14.6. The maximum absolute atomic E-state index is 14.6. The van der Waals surface area contributed by atoms with E-state index < -0.39 is 20.0 Å². The third-order valence-electron chi connectivity index (χ3n) is 10.7. The molecule has 43 heavy (non-hydrogen) atoms. The fourth-order valence-electron chi connectivity index (χ4n) is 8.20. The average Bonchev–Trinajstić information content (AvgIpc) is 3.00. The summed E-state index contributed by atoms with van der Waals surface area (Å²) < 4.78 is 63.3. The first-order valence-electron chi connectivity index (χ1n) is 17.0. The van der Waals surface area contributed by atoms with Gasteiger partial charge in [0.1, 0.15) is 0 Å². The fourth-order valence-corrected chi connectivity index (χ4v) is 11.0. The van der Waals surface area contributed by atoms with Crippen LogP contribution in [-0.4, -0.2) is 27.1 Å². The SMILES string of the molecule is Cc1cc(S(=O)(=O)O)c(C(C)C)cc1CCS(=O)(=O)c1c(C2CCCCC2)cc(C2CCCCC2)cc1C1CCCCC1. The van der Waals surface area contributed by atoms with Gasteiger partial charge in [-0.1, -0.05) is 89.8 Å². The zero-order valence-electron chi connectivity index (χ0n) is 26.5. The molecular weight excluding hydrogens is 577 g/mol. The predicted octanol–water partition coefficient (Wildman–Crippen LogP) is 9.52. The first-order chi connectivity index (χ1) is 20.5. The van der Waals surface area contributed by atoms with Crippen molar-refractivity contribution in [1.29, 1.82) is 0 Å². The number of hydrogen-bond acceptors (Lipinski definition) is 4. The van der Waals surface area contributed by atoms with Crippen LogP contribution in [0.15, 0.2) is 34.1 Å². The molecule has 5 nitrogen and oxygen atoms in total. The number of sulfone groups is 1. The summed E-state index contributed by atoms with van der Waals surface area (Å²) in [6, 6.07) is 7.96. The lowest BCUT2D eigenvalue weighted by Crippen LogP contribution is -2.21. The van der Waals surface area contributed by atoms with Crippen molar-refractivity contribution in [3.05, 3.63) is 57.6 Å². The first-order valence-corrected chi connectivity index (χ1v) is 20.1. The highest BCUT2D eigenvalue weighted by Crippen LogP contribution is 2.46. The molecule has 0 spiro atoms. The topological polar surface area (TPSA) is 88.5 Å². The maximum Gasteiger partial charge on any atom is 0.294 e. The summed E-state index contributed by atoms with van der Waals surface area (Å²) in [5.74, 6) is 1.00. The molecule has 0 atom stereocenters. The molecule has 3 aliphatic carbocycles. The number of hydrogen-bond donors (Lipinski definition) is 1. The van der Waals surface area contributed by atoms with E-state index in [4.69, 9.17) is 0 Å². The Kier molecular flexibility index (Phi) is 10.4. The average molecular weight is 629 g/mol. The molecular formula is C36H52O5S2. The Hall–Kier alpha value is -1.70. The van der Waals surface area contributed by atoms with E-state index in [0.29, 0.717) is 40.2 Å². The second-order valence-electron chi connectivity index (χ2n) is 14.0. The standard InChI is InChI=1S/C36H52O5S2/c1-25(2)32-22-30(26(3)21-35(32)43(39,40)41)19-20-42(37,38)36-33(28-15-9-5-10-16-28)23-31(27-13-7-4-8-14-27)24-34(36)29-17-11-6-12-18-29/h21-25,27-29H,4-20H2,1-3H3,(H,39,40,41). The van der Waals surface area contributed by atoms with Crippen molar-refractivity contribution in [3.63, 3.8) is 0 Å². The molecule has 0 aliphatic heterocycles. The van der Waals surface area contributed by atoms with Crippen LogP contribution in [0, 0.1) is 6.92 Å². The Morgan fingerprint density at radius 2 is 1.16 bits per heavy atom. The molecule has 0 bridgehead atoms. The Morgan fingerprint density at radius 3 is 1.60 bits per heavy atom. The van der Waals surface area contributed by atoms with Crippen molar-refractivity contribution in [2.24, 2.45) is 0 Å². The molecule has 3 aliphatic rings. The molecule has 3 saturated carbocycles. The monoisotopic (exact) mass is 628 g/mol. The van der Waals surface area contributed by atoms with Crippen LogP contribution in [0.3, 0.4) is 0 Å². The molecule has 1 N–H and O–H groups in total. The Morgan fingerprint density at radius 1 is 0.698 bits per heavy atom. The lowest BCUT2D eigenvalue weighted by atomic mass is 9.76. The molecule has 238 valence electrons. The normalized spacial score (nSPS) is 20.1. The van der Waals surface area contributed by atoms with E-state index in [9.17, 15) is 21.4 Å². The quantitative estimate of drug-likeness (QED) is 0.279. The van der Waals surface area contributed by atoms with Crippen LogP contribution in [0.1, 0.15) is 167 Å². The second kappa shape index (κ2) is 13.7. The van der Waals surface area contributed by atoms with Crippen molar-refractivity contribution < 1.29 is 21.4 Å². The van der Waals surface area contributed by atoms with Crippen LogP contribution in [0.25, 0.3) is 0 Å². The van der Waals surface area contributed by atoms with Crippen LogP contribution in [0.4, 0.5) is 0 Å². The molecule has 0 radical (unpaired) electrons. The van der Waals surface area contributed by atoms with Gasteiger partial charge in [-0.05, 0) is 115 Å². The minimum atomic E-state index is -4.37. The predicted molar refractivity (Wildman–Crippen MR) is 175 cm³/mol. The van der Waals surface area contributed by atoms with E-state index >= 15 is 0 Å². The third-order valence-corrected chi connectivity index (χ3v) is 13.4. The van der Waals surface area contributed by atoms with Gasteiger partial charge in [0.2, 0.25) is 0 Å². The molecule has 0 saturated heterocycles. The summed E-state index contributed by atoms with van der Waals surface area (Å²) in [7, 11) is -7.99. The van der Waals surface area contributed by atoms with Gasteiger partial charge in [0.05, 0.1) is 15.5 Å². The lowest BCUT2D eigenvalue weighted by Gasteiger charge is -2.32. The van der Waals surface area contributed by atoms with E-state index in [1.807, 2.05) is 13.8 Å². The molecule has 0 amide bonds. The van der Waals surface area contributed by atoms with Crippen molar-refractivity contribution >= 4 is 20.0 Å². The summed E-state index contributed by atoms with van der Waals surface area (Å²) in [5, 5.41) is 0. The van der Waals surface area contributed by atoms with Crippen LogP contribution in [0.2, 0.25) is 0 Å². The zero-order valence-corrected chi connectivity index (χ0v) is 28.2. The van der Waals surface area contributed by atoms with Crippen LogP contribution >= 0.6 is 0 Å². The highest BCUT2D eigenvalue weighted by atomic mass is 32.2. The van der Waals surface area contributed by atoms with E-state index in [1.54, 1.807) is 13.0 Å². The number of benzene rings is 2. The van der Waals surface area contributed by atoms with E-state index in [1.165, 1.54) is 56.6 Å². The minimum Gasteiger partial charge on any atom is -0.282 e. The van der Waals surface area contributed by atoms with Crippen LogP contribution in [0.5, 0.6) is 0 Å². The van der Waals surface area contributed by atoms with Crippen LogP contribution < -0.4 is 0 Å². The zero-order chi connectivity index (χ0) is 30.8. The highest BCUT2D eigenvalue weighted by Gasteiger charge is 2.33. The van der Waals surface area contributed by atoms with E-state index in [-0.39, 0.29) is 16.6 Å². The van der Waals surface area contributed by atoms with Gasteiger partial charge in [-0.2, -0.15) is 8.42 Å². The summed E-state index contributed by atoms with van der Waals surface area (Å²) in [6.07, 6.45) is 17.9. The molecule has 0 aromatic heterocycles. The summed E-state index contributed by atoms with van der Waals surface area (Å²) in [4.78, 5) is 0.561. The fraction of sp³-hybridized carbons (Fsp3) is 0.667. The van der Waals surface area contributed by atoms with Gasteiger partial charge in [-0.3, -0.25) is 4.55 Å². The number of aryl methyl sites for hydroxylation is 2. The summed E-state index contributed by atoms with van der Waals surface area (Å²) in [5.41, 5.74) is 5.65. The Balaban J connectivity index is 1.58. The van der Waals surface area contributed by atoms with Gasteiger partial charge in [-0.25, -0.2) is 8.42 Å². The molecule has 7 heteroatoms. The van der Waals surface area contributed by atoms with E-state index in [0.717, 1.165) is 68.1 Å². The first kappa shape index (κ1) is 32.7. The van der Waals surface area contributed by atoms with Gasteiger partial charge < -0.3 is 0 Å². The number of rotatable bonds is 9. The van der Waals surface area contributed by atoms with Crippen molar-refractivity contribution in [2.75, 3.05) is 5.75 Å². The van der Waals surface area contributed by atoms with Crippen molar-refractivity contribution in [1.82, 2.24) is 0 Å². The van der Waals surface area contributed by atoms with Crippen molar-refractivity contribution in [3.8, 4) is 0 Å². The minimum absolute atomic E-state index is 0.00118. The van der Waals surface area contributed by atoms with Crippen LogP contribution in [-0.2, 0) is 26.4 Å². The molecule has 5 rings (SSSR count). The van der Waals surface area contributed by atoms with Gasteiger partial charge in [0, 0.05) is 0 Å². The van der Waals surface area contributed by atoms with Crippen molar-refractivity contribution in [2.45, 2.75) is 157 Å². The smallest absolute Gasteiger partial charge is 0.282 e. The van der Waals surface area contributed by atoms with Gasteiger partial charge >= 0.3 is 0 Å². The molecule has 3 fully saturated rings. The van der Waals surface area contributed by atoms with E-state index in [2.05, 4.69) is 12.1 Å². The van der Waals surface area contributed by atoms with Gasteiger partial charge in [0.25, 0.3) is 10.1 Å². The Bertz CT molecular complexity index is 1450. The second-order valence-corrected chi connectivity index (χ2v) is 17.5. The molecule has 0 heterocycles. The molecule has 2 aromatic carbocycles.